The number of piperazine rings is 1. The molecular weight excluding hydrogens is 762 g/mol. The van der Waals surface area contributed by atoms with Crippen LogP contribution < -0.4 is 20.0 Å². The molecule has 57 heavy (non-hydrogen) atoms. The van der Waals surface area contributed by atoms with Gasteiger partial charge in [-0.05, 0) is 81.2 Å². The van der Waals surface area contributed by atoms with Gasteiger partial charge in [0.05, 0.1) is 17.7 Å². The van der Waals surface area contributed by atoms with Crippen molar-refractivity contribution in [1.29, 1.82) is 0 Å². The molecule has 2 atom stereocenters. The summed E-state index contributed by atoms with van der Waals surface area (Å²) < 4.78 is 0. The maximum absolute atomic E-state index is 13.4. The third-order valence-corrected chi connectivity index (χ3v) is 14.7. The van der Waals surface area contributed by atoms with Crippen LogP contribution in [0.3, 0.4) is 0 Å². The van der Waals surface area contributed by atoms with Crippen molar-refractivity contribution in [2.45, 2.75) is 76.5 Å². The largest absolute Gasteiger partial charge is 0.371 e. The van der Waals surface area contributed by atoms with Crippen molar-refractivity contribution in [2.75, 3.05) is 73.6 Å². The quantitative estimate of drug-likeness (QED) is 0.245. The van der Waals surface area contributed by atoms with Crippen molar-refractivity contribution in [3.63, 3.8) is 0 Å². The third-order valence-electron chi connectivity index (χ3n) is 13.3. The summed E-state index contributed by atoms with van der Waals surface area (Å²) in [4.78, 5) is 73.8. The van der Waals surface area contributed by atoms with E-state index in [2.05, 4.69) is 47.8 Å². The molecule has 1 spiro atoms. The molecule has 15 heteroatoms. The molecule has 4 amide bonds. The normalized spacial score (nSPS) is 24.7. The number of carbonyl (C=O) groups excluding carboxylic acids is 4. The Kier molecular flexibility index (Phi) is 10.2. The van der Waals surface area contributed by atoms with Gasteiger partial charge >= 0.3 is 0 Å². The lowest BCUT2D eigenvalue weighted by molar-refractivity contribution is -0.136. The van der Waals surface area contributed by atoms with Crippen molar-refractivity contribution in [3.8, 4) is 0 Å². The summed E-state index contributed by atoms with van der Waals surface area (Å²) in [6.07, 6.45) is 7.87. The fraction of sp³-hybridized carbons (Fsp3) is 0.524. The summed E-state index contributed by atoms with van der Waals surface area (Å²) in [5.74, 6) is -1.91. The maximum Gasteiger partial charge on any atom is 0.262 e. The van der Waals surface area contributed by atoms with Gasteiger partial charge in [-0.25, -0.2) is 9.83 Å². The predicted molar refractivity (Wildman–Crippen MR) is 220 cm³/mol. The van der Waals surface area contributed by atoms with Crippen LogP contribution in [0.1, 0.15) is 77.5 Å². The summed E-state index contributed by atoms with van der Waals surface area (Å²) in [5.41, 5.74) is 3.48. The zero-order valence-electron chi connectivity index (χ0n) is 32.3. The first-order chi connectivity index (χ1) is 27.6. The second kappa shape index (κ2) is 15.3. The highest BCUT2D eigenvalue weighted by Gasteiger charge is 2.46. The fourth-order valence-electron chi connectivity index (χ4n) is 10.1. The van der Waals surface area contributed by atoms with Crippen LogP contribution in [0.5, 0.6) is 0 Å². The van der Waals surface area contributed by atoms with Crippen LogP contribution in [-0.4, -0.2) is 120 Å². The van der Waals surface area contributed by atoms with Crippen molar-refractivity contribution in [2.24, 2.45) is 5.41 Å². The first-order valence-electron chi connectivity index (χ1n) is 20.3. The van der Waals surface area contributed by atoms with Gasteiger partial charge in [0, 0.05) is 111 Å². The molecule has 6 aliphatic rings. The van der Waals surface area contributed by atoms with Gasteiger partial charge in [0.15, 0.2) is 5.13 Å². The fourth-order valence-corrected chi connectivity index (χ4v) is 11.4. The van der Waals surface area contributed by atoms with E-state index in [1.165, 1.54) is 11.3 Å². The molecule has 1 unspecified atom stereocenters. The Morgan fingerprint density at radius 1 is 0.895 bits per heavy atom. The monoisotopic (exact) mass is 809 g/mol. The number of anilines is 3. The van der Waals surface area contributed by atoms with Crippen LogP contribution in [0, 0.1) is 12.0 Å². The van der Waals surface area contributed by atoms with Crippen LogP contribution in [-0.2, 0) is 16.1 Å². The van der Waals surface area contributed by atoms with Gasteiger partial charge in [-0.2, -0.15) is 0 Å². The average molecular weight is 810 g/mol. The van der Waals surface area contributed by atoms with Gasteiger partial charge in [-0.15, -0.1) is 11.3 Å². The molecule has 9 rings (SSSR count). The minimum absolute atomic E-state index is 0.105. The van der Waals surface area contributed by atoms with Crippen LogP contribution in [0.15, 0.2) is 42.6 Å². The van der Waals surface area contributed by atoms with Gasteiger partial charge in [0.2, 0.25) is 17.5 Å². The van der Waals surface area contributed by atoms with Gasteiger partial charge in [0.1, 0.15) is 6.04 Å². The van der Waals surface area contributed by atoms with Crippen LogP contribution in [0.2, 0.25) is 5.02 Å². The second-order valence-corrected chi connectivity index (χ2v) is 18.2. The van der Waals surface area contributed by atoms with Crippen LogP contribution >= 0.6 is 22.9 Å². The summed E-state index contributed by atoms with van der Waals surface area (Å²) in [5, 5.41) is 3.93. The van der Waals surface area contributed by atoms with E-state index < -0.39 is 23.8 Å². The number of hydrogen-bond donors (Lipinski definition) is 1. The van der Waals surface area contributed by atoms with Gasteiger partial charge in [0.25, 0.3) is 11.8 Å². The molecule has 5 saturated heterocycles. The number of nitrogens with zero attached hydrogens (tertiary/aromatic N) is 8. The standard InChI is InChI=1S/C42H48ClN9O4S/c1-27-23-42(26-51(27)30-4-6-35(44-2)34(43)22-30)11-15-50(16-12-42)41-45-24-31(57-41)25-47-17-19-49(20-18-47)28-9-13-48(14-10-28)29-3-5-32-33(21-29)40(56)52(39(32)55)36-7-8-37(53)46-38(36)54/h3-6,21-22,24,27-28,36H,7-20,23,25-26H2,1H3,(H,46,53,54)/t27-,36?/m0/s1. The number of carbonyl (C=O) groups is 4. The van der Waals surface area contributed by atoms with Crippen LogP contribution in [0.4, 0.5) is 22.2 Å². The number of halogens is 1. The van der Waals surface area contributed by atoms with Gasteiger partial charge in [-0.1, -0.05) is 17.7 Å². The maximum atomic E-state index is 13.4. The summed E-state index contributed by atoms with van der Waals surface area (Å²) in [6.45, 7) is 19.5. The minimum Gasteiger partial charge on any atom is -0.371 e. The van der Waals surface area contributed by atoms with E-state index in [4.69, 9.17) is 23.2 Å². The molecule has 1 N–H and O–H groups in total. The van der Waals surface area contributed by atoms with Crippen LogP contribution in [0.25, 0.3) is 4.85 Å². The molecule has 298 valence electrons. The Bertz CT molecular complexity index is 2130. The van der Waals surface area contributed by atoms with E-state index in [1.54, 1.807) is 12.1 Å². The zero-order valence-corrected chi connectivity index (χ0v) is 33.9. The highest BCUT2D eigenvalue weighted by atomic mass is 35.5. The number of fused-ring (bicyclic) bond motifs is 1. The number of rotatable bonds is 7. The highest BCUT2D eigenvalue weighted by molar-refractivity contribution is 7.15. The van der Waals surface area contributed by atoms with E-state index in [9.17, 15) is 19.2 Å². The Morgan fingerprint density at radius 3 is 2.35 bits per heavy atom. The molecule has 1 aromatic heterocycles. The van der Waals surface area contributed by atoms with Crippen molar-refractivity contribution in [3.05, 3.63) is 75.0 Å². The number of aromatic nitrogens is 1. The molecule has 0 bridgehead atoms. The van der Waals surface area contributed by atoms with Crippen molar-refractivity contribution < 1.29 is 19.2 Å². The van der Waals surface area contributed by atoms with E-state index in [1.807, 2.05) is 35.6 Å². The zero-order chi connectivity index (χ0) is 39.4. The van der Waals surface area contributed by atoms with Gasteiger partial charge < -0.3 is 14.7 Å². The number of amides is 4. The number of hydrogen-bond acceptors (Lipinski definition) is 11. The third kappa shape index (κ3) is 7.28. The molecule has 13 nitrogen and oxygen atoms in total. The first-order valence-corrected chi connectivity index (χ1v) is 21.5. The SMILES string of the molecule is [C-]#[N+]c1ccc(N2CC3(CCN(c4ncc(CN5CCN(C6CCN(c7ccc8c(c7)C(=O)N(C7CCC(=O)NC7=O)C8=O)CC6)CC5)s4)CC3)C[C@@H]2C)cc1Cl. The number of nitrogens with one attached hydrogen (secondary N) is 1. The van der Waals surface area contributed by atoms with Gasteiger partial charge in [-0.3, -0.25) is 39.2 Å². The molecular formula is C42H48ClN9O4S. The number of benzene rings is 2. The Labute approximate surface area is 342 Å². The second-order valence-electron chi connectivity index (χ2n) is 16.7. The molecule has 0 aliphatic carbocycles. The lowest BCUT2D eigenvalue weighted by atomic mass is 9.77. The summed E-state index contributed by atoms with van der Waals surface area (Å²) in [7, 11) is 0. The molecule has 2 aromatic carbocycles. The molecule has 3 aromatic rings. The van der Waals surface area contributed by atoms with Crippen molar-refractivity contribution in [1.82, 2.24) is 25.0 Å². The minimum atomic E-state index is -0.957. The van der Waals surface area contributed by atoms with E-state index >= 15 is 0 Å². The topological polar surface area (TPSA) is 117 Å². The molecule has 0 radical (unpaired) electrons. The Morgan fingerprint density at radius 2 is 1.63 bits per heavy atom. The summed E-state index contributed by atoms with van der Waals surface area (Å²) >= 11 is 8.24. The lowest BCUT2D eigenvalue weighted by Crippen LogP contribution is -2.54. The first kappa shape index (κ1) is 38.0. The number of imide groups is 2. The lowest BCUT2D eigenvalue weighted by Gasteiger charge is -2.43. The Hall–Kier alpha value is -4.55. The Balaban J connectivity index is 0.726. The van der Waals surface area contributed by atoms with E-state index in [0.29, 0.717) is 39.3 Å². The molecule has 0 saturated carbocycles. The smallest absolute Gasteiger partial charge is 0.262 e. The predicted octanol–water partition coefficient (Wildman–Crippen LogP) is 5.42. The highest BCUT2D eigenvalue weighted by Crippen LogP contribution is 2.46. The molecule has 6 aliphatic heterocycles. The molecule has 7 heterocycles. The van der Waals surface area contributed by atoms with Crippen molar-refractivity contribution >= 4 is 68.8 Å². The summed E-state index contributed by atoms with van der Waals surface area (Å²) in [6, 6.07) is 11.2. The molecule has 5 fully saturated rings. The van der Waals surface area contributed by atoms with E-state index in [0.717, 1.165) is 113 Å². The van der Waals surface area contributed by atoms with E-state index in [-0.39, 0.29) is 18.7 Å². The number of piperidine rings is 3. The number of thiazole rings is 1. The average Bonchev–Trinajstić information content (AvgIpc) is 3.89.